The van der Waals surface area contributed by atoms with Crippen LogP contribution in [0.1, 0.15) is 18.4 Å². The molecule has 0 heterocycles. The van der Waals surface area contributed by atoms with Crippen LogP contribution in [-0.4, -0.2) is 23.1 Å². The van der Waals surface area contributed by atoms with E-state index in [9.17, 15) is 19.1 Å². The minimum absolute atomic E-state index is 0.0230. The van der Waals surface area contributed by atoms with Gasteiger partial charge in [0.15, 0.2) is 0 Å². The monoisotopic (exact) mass is 329 g/mol. The largest absolute Gasteiger partial charge is 0.508 e. The maximum Gasteiger partial charge on any atom is 0.240 e. The lowest BCUT2D eigenvalue weighted by molar-refractivity contribution is -0.124. The summed E-state index contributed by atoms with van der Waals surface area (Å²) >= 11 is 0. The van der Waals surface area contributed by atoms with E-state index in [1.807, 2.05) is 0 Å². The molecule has 0 aliphatic heterocycles. The number of benzene rings is 2. The molecule has 0 spiro atoms. The second-order valence-corrected chi connectivity index (χ2v) is 4.94. The normalized spacial score (nSPS) is 10.5. The Morgan fingerprint density at radius 3 is 2.50 bits per heavy atom. The Kier molecular flexibility index (Phi) is 6.01. The van der Waals surface area contributed by atoms with E-state index >= 15 is 0 Å². The fraction of sp³-hybridized carbons (Fsp3) is 0.118. The van der Waals surface area contributed by atoms with Gasteiger partial charge >= 0.3 is 0 Å². The zero-order chi connectivity index (χ0) is 17.4. The summed E-state index contributed by atoms with van der Waals surface area (Å²) in [5.74, 6) is -1.06. The highest BCUT2D eigenvalue weighted by Gasteiger charge is 2.06. The molecule has 2 aromatic carbocycles. The van der Waals surface area contributed by atoms with Crippen LogP contribution in [0.15, 0.2) is 53.6 Å². The summed E-state index contributed by atoms with van der Waals surface area (Å²) in [6, 6.07) is 11.7. The van der Waals surface area contributed by atoms with Crippen molar-refractivity contribution < 1.29 is 19.1 Å². The van der Waals surface area contributed by atoms with Crippen molar-refractivity contribution in [3.63, 3.8) is 0 Å². The van der Waals surface area contributed by atoms with Gasteiger partial charge in [-0.25, -0.2) is 9.82 Å². The SMILES string of the molecule is O=C(CCC(=O)Nc1ccc(F)cc1)N/N=C/c1cccc(O)c1. The number of halogens is 1. The van der Waals surface area contributed by atoms with Gasteiger partial charge in [-0.05, 0) is 42.0 Å². The zero-order valence-electron chi connectivity index (χ0n) is 12.7. The maximum atomic E-state index is 12.7. The fourth-order valence-electron chi connectivity index (χ4n) is 1.82. The first kappa shape index (κ1) is 17.1. The predicted octanol–water partition coefficient (Wildman–Crippen LogP) is 2.40. The van der Waals surface area contributed by atoms with E-state index in [-0.39, 0.29) is 24.5 Å². The average molecular weight is 329 g/mol. The second-order valence-electron chi connectivity index (χ2n) is 4.94. The van der Waals surface area contributed by atoms with Crippen LogP contribution in [-0.2, 0) is 9.59 Å². The molecule has 2 amide bonds. The van der Waals surface area contributed by atoms with Crippen LogP contribution in [0.25, 0.3) is 0 Å². The molecular formula is C17H16FN3O3. The Morgan fingerprint density at radius 1 is 1.08 bits per heavy atom. The fourth-order valence-corrected chi connectivity index (χ4v) is 1.82. The molecule has 0 aliphatic carbocycles. The first-order valence-electron chi connectivity index (χ1n) is 7.19. The van der Waals surface area contributed by atoms with Gasteiger partial charge < -0.3 is 10.4 Å². The van der Waals surface area contributed by atoms with E-state index in [4.69, 9.17) is 0 Å². The van der Waals surface area contributed by atoms with Crippen LogP contribution in [0.2, 0.25) is 0 Å². The molecule has 2 aromatic rings. The molecule has 0 saturated heterocycles. The topological polar surface area (TPSA) is 90.8 Å². The van der Waals surface area contributed by atoms with E-state index in [2.05, 4.69) is 15.8 Å². The van der Waals surface area contributed by atoms with Gasteiger partial charge in [-0.1, -0.05) is 12.1 Å². The number of rotatable bonds is 6. The third-order valence-corrected chi connectivity index (χ3v) is 2.98. The Morgan fingerprint density at radius 2 is 1.79 bits per heavy atom. The van der Waals surface area contributed by atoms with E-state index in [0.717, 1.165) is 0 Å². The molecule has 7 heteroatoms. The zero-order valence-corrected chi connectivity index (χ0v) is 12.7. The Labute approximate surface area is 138 Å². The summed E-state index contributed by atoms with van der Waals surface area (Å²) in [5, 5.41) is 15.6. The Hall–Kier alpha value is -3.22. The number of phenols is 1. The molecule has 6 nitrogen and oxygen atoms in total. The molecule has 0 aliphatic rings. The summed E-state index contributed by atoms with van der Waals surface area (Å²) in [6.07, 6.45) is 1.32. The predicted molar refractivity (Wildman–Crippen MR) is 88.1 cm³/mol. The van der Waals surface area contributed by atoms with E-state index < -0.39 is 11.7 Å². The van der Waals surface area contributed by atoms with E-state index in [1.165, 1.54) is 42.6 Å². The summed E-state index contributed by atoms with van der Waals surface area (Å²) < 4.78 is 12.7. The molecular weight excluding hydrogens is 313 g/mol. The molecule has 0 unspecified atom stereocenters. The quantitative estimate of drug-likeness (QED) is 0.561. The minimum atomic E-state index is -0.416. The van der Waals surface area contributed by atoms with Gasteiger partial charge in [-0.15, -0.1) is 0 Å². The van der Waals surface area contributed by atoms with Crippen molar-refractivity contribution in [1.82, 2.24) is 5.43 Å². The second kappa shape index (κ2) is 8.42. The summed E-state index contributed by atoms with van der Waals surface area (Å²) in [4.78, 5) is 23.3. The van der Waals surface area contributed by atoms with Crippen LogP contribution in [0.4, 0.5) is 10.1 Å². The number of carbonyl (C=O) groups is 2. The van der Waals surface area contributed by atoms with Crippen molar-refractivity contribution in [3.05, 3.63) is 59.9 Å². The molecule has 0 fully saturated rings. The van der Waals surface area contributed by atoms with Crippen molar-refractivity contribution in [2.24, 2.45) is 5.10 Å². The number of aromatic hydroxyl groups is 1. The van der Waals surface area contributed by atoms with Crippen molar-refractivity contribution in [3.8, 4) is 5.75 Å². The molecule has 0 radical (unpaired) electrons. The first-order valence-corrected chi connectivity index (χ1v) is 7.19. The molecule has 0 saturated carbocycles. The van der Waals surface area contributed by atoms with E-state index in [1.54, 1.807) is 12.1 Å². The lowest BCUT2D eigenvalue weighted by Crippen LogP contribution is -2.20. The van der Waals surface area contributed by atoms with Crippen LogP contribution in [0.5, 0.6) is 5.75 Å². The molecule has 0 bridgehead atoms. The van der Waals surface area contributed by atoms with Crippen LogP contribution < -0.4 is 10.7 Å². The van der Waals surface area contributed by atoms with Crippen molar-refractivity contribution in [2.45, 2.75) is 12.8 Å². The third-order valence-electron chi connectivity index (χ3n) is 2.98. The number of hydrazone groups is 1. The highest BCUT2D eigenvalue weighted by Crippen LogP contribution is 2.09. The molecule has 3 N–H and O–H groups in total. The number of hydrogen-bond acceptors (Lipinski definition) is 4. The molecule has 0 aromatic heterocycles. The average Bonchev–Trinajstić information content (AvgIpc) is 2.55. The Bertz CT molecular complexity index is 745. The van der Waals surface area contributed by atoms with Gasteiger partial charge in [-0.2, -0.15) is 5.10 Å². The number of hydrogen-bond donors (Lipinski definition) is 3. The number of nitrogens with one attached hydrogen (secondary N) is 2. The first-order chi connectivity index (χ1) is 11.5. The summed E-state index contributed by atoms with van der Waals surface area (Å²) in [5.41, 5.74) is 3.39. The number of amides is 2. The standard InChI is InChI=1S/C17H16FN3O3/c18-13-4-6-14(7-5-13)20-16(23)8-9-17(24)21-19-11-12-2-1-3-15(22)10-12/h1-7,10-11,22H,8-9H2,(H,20,23)(H,21,24)/b19-11+. The Balaban J connectivity index is 1.72. The lowest BCUT2D eigenvalue weighted by Gasteiger charge is -2.04. The van der Waals surface area contributed by atoms with Gasteiger partial charge in [0, 0.05) is 18.5 Å². The molecule has 124 valence electrons. The molecule has 2 rings (SSSR count). The van der Waals surface area contributed by atoms with Crippen LogP contribution in [0.3, 0.4) is 0 Å². The number of phenolic OH excluding ortho intramolecular Hbond substituents is 1. The minimum Gasteiger partial charge on any atom is -0.508 e. The van der Waals surface area contributed by atoms with Gasteiger partial charge in [-0.3, -0.25) is 9.59 Å². The highest BCUT2D eigenvalue weighted by atomic mass is 19.1. The van der Waals surface area contributed by atoms with E-state index in [0.29, 0.717) is 11.3 Å². The van der Waals surface area contributed by atoms with Crippen molar-refractivity contribution in [2.75, 3.05) is 5.32 Å². The lowest BCUT2D eigenvalue weighted by atomic mass is 10.2. The van der Waals surface area contributed by atoms with Crippen molar-refractivity contribution in [1.29, 1.82) is 0 Å². The molecule has 24 heavy (non-hydrogen) atoms. The van der Waals surface area contributed by atoms with Crippen LogP contribution in [0, 0.1) is 5.82 Å². The summed E-state index contributed by atoms with van der Waals surface area (Å²) in [7, 11) is 0. The van der Waals surface area contributed by atoms with Gasteiger partial charge in [0.1, 0.15) is 11.6 Å². The highest BCUT2D eigenvalue weighted by molar-refractivity contribution is 5.93. The number of nitrogens with zero attached hydrogens (tertiary/aromatic N) is 1. The number of carbonyl (C=O) groups excluding carboxylic acids is 2. The van der Waals surface area contributed by atoms with Gasteiger partial charge in [0.2, 0.25) is 11.8 Å². The summed E-state index contributed by atoms with van der Waals surface area (Å²) in [6.45, 7) is 0. The maximum absolute atomic E-state index is 12.7. The smallest absolute Gasteiger partial charge is 0.240 e. The molecule has 0 atom stereocenters. The van der Waals surface area contributed by atoms with Crippen LogP contribution >= 0.6 is 0 Å². The van der Waals surface area contributed by atoms with Crippen molar-refractivity contribution >= 4 is 23.7 Å². The third kappa shape index (κ3) is 5.88. The van der Waals surface area contributed by atoms with Gasteiger partial charge in [0.05, 0.1) is 6.21 Å². The van der Waals surface area contributed by atoms with Gasteiger partial charge in [0.25, 0.3) is 0 Å². The number of anilines is 1.